The van der Waals surface area contributed by atoms with Crippen LogP contribution in [0.4, 0.5) is 0 Å². The lowest BCUT2D eigenvalue weighted by Crippen LogP contribution is -2.36. The first-order chi connectivity index (χ1) is 13.1. The summed E-state index contributed by atoms with van der Waals surface area (Å²) in [5.74, 6) is 0.809. The first kappa shape index (κ1) is 16.8. The van der Waals surface area contributed by atoms with Crippen LogP contribution in [0.3, 0.4) is 0 Å². The van der Waals surface area contributed by atoms with Crippen molar-refractivity contribution in [2.75, 3.05) is 13.1 Å². The van der Waals surface area contributed by atoms with Gasteiger partial charge < -0.3 is 5.11 Å². The van der Waals surface area contributed by atoms with Crippen LogP contribution in [0.1, 0.15) is 29.7 Å². The van der Waals surface area contributed by atoms with E-state index in [9.17, 15) is 5.11 Å². The van der Waals surface area contributed by atoms with Gasteiger partial charge in [0.2, 0.25) is 0 Å². The lowest BCUT2D eigenvalue weighted by Gasteiger charge is -2.31. The van der Waals surface area contributed by atoms with Gasteiger partial charge >= 0.3 is 0 Å². The summed E-state index contributed by atoms with van der Waals surface area (Å²) in [6.07, 6.45) is 5.56. The molecule has 1 aromatic carbocycles. The fourth-order valence-electron chi connectivity index (χ4n) is 5.29. The van der Waals surface area contributed by atoms with Gasteiger partial charge in [-0.05, 0) is 55.0 Å². The first-order valence-electron chi connectivity index (χ1n) is 9.84. The number of likely N-dealkylation sites (tertiary alicyclic amines) is 1. The van der Waals surface area contributed by atoms with E-state index < -0.39 is 5.60 Å². The van der Waals surface area contributed by atoms with Crippen molar-refractivity contribution in [3.05, 3.63) is 71.7 Å². The van der Waals surface area contributed by atoms with E-state index in [1.54, 1.807) is 0 Å². The van der Waals surface area contributed by atoms with Crippen LogP contribution in [-0.4, -0.2) is 33.1 Å². The number of aryl methyl sites for hydroxylation is 1. The standard InChI is InChI=1S/C23H25N3O/c1-16-5-3-12-25-22(16)23(27)10-9-18-14-26(15-20(18)23)13-17-6-2-8-21-19(17)7-4-11-24-21/h2-8,11-12,18,20,27H,9-10,13-15H2,1H3. The lowest BCUT2D eigenvalue weighted by molar-refractivity contribution is -0.0114. The van der Waals surface area contributed by atoms with Crippen LogP contribution in [-0.2, 0) is 12.1 Å². The van der Waals surface area contributed by atoms with Gasteiger partial charge in [0.15, 0.2) is 0 Å². The number of hydrogen-bond acceptors (Lipinski definition) is 4. The zero-order chi connectivity index (χ0) is 18.4. The van der Waals surface area contributed by atoms with E-state index in [0.717, 1.165) is 49.2 Å². The van der Waals surface area contributed by atoms with Gasteiger partial charge in [-0.1, -0.05) is 24.3 Å². The molecule has 3 unspecified atom stereocenters. The molecule has 3 aromatic rings. The fourth-order valence-corrected chi connectivity index (χ4v) is 5.29. The Kier molecular flexibility index (Phi) is 3.99. The Labute approximate surface area is 159 Å². The molecular formula is C23H25N3O. The van der Waals surface area contributed by atoms with Crippen molar-refractivity contribution in [3.63, 3.8) is 0 Å². The molecule has 27 heavy (non-hydrogen) atoms. The van der Waals surface area contributed by atoms with Crippen molar-refractivity contribution < 1.29 is 5.11 Å². The molecule has 2 aliphatic rings. The van der Waals surface area contributed by atoms with Crippen molar-refractivity contribution in [1.29, 1.82) is 0 Å². The fraction of sp³-hybridized carbons (Fsp3) is 0.391. The van der Waals surface area contributed by atoms with Gasteiger partial charge in [-0.15, -0.1) is 0 Å². The molecule has 0 radical (unpaired) electrons. The molecule has 1 aliphatic carbocycles. The number of fused-ring (bicyclic) bond motifs is 2. The average Bonchev–Trinajstić information content (AvgIpc) is 3.23. The predicted molar refractivity (Wildman–Crippen MR) is 106 cm³/mol. The molecule has 138 valence electrons. The maximum absolute atomic E-state index is 11.6. The third-order valence-electron chi connectivity index (χ3n) is 6.58. The van der Waals surface area contributed by atoms with Crippen LogP contribution >= 0.6 is 0 Å². The molecule has 1 saturated heterocycles. The summed E-state index contributed by atoms with van der Waals surface area (Å²) in [4.78, 5) is 11.5. The van der Waals surface area contributed by atoms with Crippen LogP contribution in [0.2, 0.25) is 0 Å². The third-order valence-corrected chi connectivity index (χ3v) is 6.58. The summed E-state index contributed by atoms with van der Waals surface area (Å²) in [7, 11) is 0. The molecule has 3 atom stereocenters. The summed E-state index contributed by atoms with van der Waals surface area (Å²) >= 11 is 0. The second-order valence-corrected chi connectivity index (χ2v) is 8.18. The Balaban J connectivity index is 1.41. The molecule has 2 fully saturated rings. The van der Waals surface area contributed by atoms with Gasteiger partial charge in [0.25, 0.3) is 0 Å². The smallest absolute Gasteiger partial charge is 0.111 e. The van der Waals surface area contributed by atoms with E-state index in [4.69, 9.17) is 0 Å². The molecule has 0 spiro atoms. The SMILES string of the molecule is Cc1cccnc1C1(O)CCC2CN(Cc3cccc4ncccc34)CC21. The highest BCUT2D eigenvalue weighted by molar-refractivity contribution is 5.81. The molecule has 5 rings (SSSR count). The van der Waals surface area contributed by atoms with Crippen molar-refractivity contribution in [1.82, 2.24) is 14.9 Å². The minimum atomic E-state index is -0.787. The van der Waals surface area contributed by atoms with E-state index in [2.05, 4.69) is 52.1 Å². The van der Waals surface area contributed by atoms with Crippen molar-refractivity contribution in [2.45, 2.75) is 31.9 Å². The highest BCUT2D eigenvalue weighted by Crippen LogP contribution is 2.50. The minimum absolute atomic E-state index is 0.263. The molecule has 1 saturated carbocycles. The summed E-state index contributed by atoms with van der Waals surface area (Å²) in [6.45, 7) is 4.94. The van der Waals surface area contributed by atoms with Crippen LogP contribution in [0.5, 0.6) is 0 Å². The van der Waals surface area contributed by atoms with E-state index in [1.807, 2.05) is 24.5 Å². The maximum Gasteiger partial charge on any atom is 0.111 e. The highest BCUT2D eigenvalue weighted by Gasteiger charge is 2.53. The molecule has 0 amide bonds. The minimum Gasteiger partial charge on any atom is -0.383 e. The number of benzene rings is 1. The normalized spacial score (nSPS) is 27.9. The van der Waals surface area contributed by atoms with Gasteiger partial charge in [-0.2, -0.15) is 0 Å². The number of aromatic nitrogens is 2. The highest BCUT2D eigenvalue weighted by atomic mass is 16.3. The summed E-state index contributed by atoms with van der Waals surface area (Å²) in [6, 6.07) is 14.5. The number of aliphatic hydroxyl groups is 1. The maximum atomic E-state index is 11.6. The average molecular weight is 359 g/mol. The quantitative estimate of drug-likeness (QED) is 0.775. The molecule has 2 aromatic heterocycles. The monoisotopic (exact) mass is 359 g/mol. The van der Waals surface area contributed by atoms with Crippen molar-refractivity contribution in [3.8, 4) is 0 Å². The Hall–Kier alpha value is -2.30. The van der Waals surface area contributed by atoms with Crippen molar-refractivity contribution >= 4 is 10.9 Å². The van der Waals surface area contributed by atoms with Crippen molar-refractivity contribution in [2.24, 2.45) is 11.8 Å². The Morgan fingerprint density at radius 1 is 1.07 bits per heavy atom. The van der Waals surface area contributed by atoms with Crippen LogP contribution in [0.15, 0.2) is 54.9 Å². The Morgan fingerprint density at radius 2 is 1.93 bits per heavy atom. The topological polar surface area (TPSA) is 49.3 Å². The van der Waals surface area contributed by atoms with Crippen LogP contribution in [0.25, 0.3) is 10.9 Å². The number of rotatable bonds is 3. The van der Waals surface area contributed by atoms with E-state index in [-0.39, 0.29) is 5.92 Å². The molecule has 3 heterocycles. The summed E-state index contributed by atoms with van der Waals surface area (Å²) in [5, 5.41) is 12.8. The summed E-state index contributed by atoms with van der Waals surface area (Å²) < 4.78 is 0. The van der Waals surface area contributed by atoms with Gasteiger partial charge in [-0.3, -0.25) is 14.9 Å². The second-order valence-electron chi connectivity index (χ2n) is 8.18. The zero-order valence-corrected chi connectivity index (χ0v) is 15.7. The molecule has 4 nitrogen and oxygen atoms in total. The van der Waals surface area contributed by atoms with E-state index >= 15 is 0 Å². The molecule has 0 bridgehead atoms. The van der Waals surface area contributed by atoms with Gasteiger partial charge in [0, 0.05) is 43.3 Å². The van der Waals surface area contributed by atoms with Crippen LogP contribution in [0, 0.1) is 18.8 Å². The van der Waals surface area contributed by atoms with Gasteiger partial charge in [0.05, 0.1) is 11.2 Å². The Morgan fingerprint density at radius 3 is 2.81 bits per heavy atom. The van der Waals surface area contributed by atoms with Gasteiger partial charge in [0.1, 0.15) is 5.60 Å². The summed E-state index contributed by atoms with van der Waals surface area (Å²) in [5.41, 5.74) is 3.56. The van der Waals surface area contributed by atoms with E-state index in [1.165, 1.54) is 10.9 Å². The molecule has 1 aliphatic heterocycles. The Bertz CT molecular complexity index is 983. The van der Waals surface area contributed by atoms with E-state index in [0.29, 0.717) is 5.92 Å². The largest absolute Gasteiger partial charge is 0.383 e. The lowest BCUT2D eigenvalue weighted by atomic mass is 9.83. The molecule has 1 N–H and O–H groups in total. The first-order valence-corrected chi connectivity index (χ1v) is 9.84. The second kappa shape index (κ2) is 6.39. The van der Waals surface area contributed by atoms with Gasteiger partial charge in [-0.25, -0.2) is 0 Å². The predicted octanol–water partition coefficient (Wildman–Crippen LogP) is 3.67. The molecule has 4 heteroatoms. The third kappa shape index (κ3) is 2.75. The zero-order valence-electron chi connectivity index (χ0n) is 15.7. The molecular weight excluding hydrogens is 334 g/mol. The number of hydrogen-bond donors (Lipinski definition) is 1. The number of pyridine rings is 2. The number of nitrogens with zero attached hydrogens (tertiary/aromatic N) is 3. The van der Waals surface area contributed by atoms with Crippen LogP contribution < -0.4 is 0 Å².